The summed E-state index contributed by atoms with van der Waals surface area (Å²) in [7, 11) is 1.68. The first-order valence-electron chi connectivity index (χ1n) is 6.43. The van der Waals surface area contributed by atoms with Crippen LogP contribution in [0.1, 0.15) is 34.9 Å². The van der Waals surface area contributed by atoms with Crippen molar-refractivity contribution in [3.05, 3.63) is 29.6 Å². The van der Waals surface area contributed by atoms with Crippen molar-refractivity contribution in [3.63, 3.8) is 0 Å². The SMILES string of the molecule is COCCn1c(C2CC2)nc2cc(C(=O)O)ccc21. The van der Waals surface area contributed by atoms with Gasteiger partial charge in [-0.25, -0.2) is 9.78 Å². The topological polar surface area (TPSA) is 64.4 Å². The second kappa shape index (κ2) is 4.66. The van der Waals surface area contributed by atoms with E-state index in [4.69, 9.17) is 9.84 Å². The van der Waals surface area contributed by atoms with E-state index in [1.807, 2.05) is 6.07 Å². The van der Waals surface area contributed by atoms with E-state index in [0.29, 0.717) is 12.5 Å². The minimum Gasteiger partial charge on any atom is -0.478 e. The first kappa shape index (κ1) is 12.2. The molecular formula is C14H16N2O3. The van der Waals surface area contributed by atoms with Crippen molar-refractivity contribution in [1.29, 1.82) is 0 Å². The molecule has 1 aromatic heterocycles. The van der Waals surface area contributed by atoms with Crippen LogP contribution < -0.4 is 0 Å². The Labute approximate surface area is 110 Å². The van der Waals surface area contributed by atoms with E-state index >= 15 is 0 Å². The zero-order valence-corrected chi connectivity index (χ0v) is 10.8. The number of hydrogen-bond donors (Lipinski definition) is 1. The van der Waals surface area contributed by atoms with Gasteiger partial charge in [-0.15, -0.1) is 0 Å². The van der Waals surface area contributed by atoms with Gasteiger partial charge in [0.15, 0.2) is 0 Å². The average Bonchev–Trinajstić information content (AvgIpc) is 3.18. The molecule has 0 amide bonds. The maximum absolute atomic E-state index is 11.0. The van der Waals surface area contributed by atoms with E-state index in [1.54, 1.807) is 19.2 Å². The molecule has 1 aliphatic carbocycles. The van der Waals surface area contributed by atoms with E-state index in [1.165, 1.54) is 12.8 Å². The molecule has 2 aromatic rings. The first-order valence-corrected chi connectivity index (χ1v) is 6.43. The van der Waals surface area contributed by atoms with E-state index in [0.717, 1.165) is 23.4 Å². The maximum Gasteiger partial charge on any atom is 0.335 e. The van der Waals surface area contributed by atoms with Crippen LogP contribution in [0.15, 0.2) is 18.2 Å². The molecular weight excluding hydrogens is 244 g/mol. The molecule has 0 unspecified atom stereocenters. The van der Waals surface area contributed by atoms with Gasteiger partial charge in [-0.05, 0) is 31.0 Å². The highest BCUT2D eigenvalue weighted by atomic mass is 16.5. The zero-order chi connectivity index (χ0) is 13.4. The van der Waals surface area contributed by atoms with Gasteiger partial charge in [0.05, 0.1) is 23.2 Å². The molecule has 0 atom stereocenters. The summed E-state index contributed by atoms with van der Waals surface area (Å²) in [6, 6.07) is 5.12. The summed E-state index contributed by atoms with van der Waals surface area (Å²) in [6.45, 7) is 1.39. The molecule has 0 aliphatic heterocycles. The lowest BCUT2D eigenvalue weighted by Crippen LogP contribution is -2.07. The number of ether oxygens (including phenoxy) is 1. The van der Waals surface area contributed by atoms with Crippen molar-refractivity contribution in [1.82, 2.24) is 9.55 Å². The highest BCUT2D eigenvalue weighted by Gasteiger charge is 2.29. The molecule has 1 fully saturated rings. The Bertz CT molecular complexity index is 629. The number of rotatable bonds is 5. The predicted octanol–water partition coefficient (Wildman–Crippen LogP) is 2.26. The van der Waals surface area contributed by atoms with Crippen molar-refractivity contribution in [2.75, 3.05) is 13.7 Å². The molecule has 1 aliphatic rings. The standard InChI is InChI=1S/C14H16N2O3/c1-19-7-6-16-12-5-4-10(14(17)18)8-11(12)15-13(16)9-2-3-9/h4-5,8-9H,2-3,6-7H2,1H3,(H,17,18). The fourth-order valence-electron chi connectivity index (χ4n) is 2.35. The van der Waals surface area contributed by atoms with E-state index in [-0.39, 0.29) is 5.56 Å². The van der Waals surface area contributed by atoms with Crippen LogP contribution in [0.4, 0.5) is 0 Å². The lowest BCUT2D eigenvalue weighted by molar-refractivity contribution is 0.0697. The lowest BCUT2D eigenvalue weighted by atomic mass is 10.2. The summed E-state index contributed by atoms with van der Waals surface area (Å²) in [5, 5.41) is 9.03. The van der Waals surface area contributed by atoms with Gasteiger partial charge in [0.1, 0.15) is 5.82 Å². The summed E-state index contributed by atoms with van der Waals surface area (Å²) < 4.78 is 7.29. The molecule has 1 saturated carbocycles. The van der Waals surface area contributed by atoms with Crippen LogP contribution in [0, 0.1) is 0 Å². The zero-order valence-electron chi connectivity index (χ0n) is 10.8. The Kier molecular flexibility index (Phi) is 2.98. The third-order valence-corrected chi connectivity index (χ3v) is 3.49. The molecule has 5 nitrogen and oxygen atoms in total. The van der Waals surface area contributed by atoms with Gasteiger partial charge < -0.3 is 14.4 Å². The number of aromatic carboxylic acids is 1. The van der Waals surface area contributed by atoms with Gasteiger partial charge >= 0.3 is 5.97 Å². The largest absolute Gasteiger partial charge is 0.478 e. The summed E-state index contributed by atoms with van der Waals surface area (Å²) in [6.07, 6.45) is 2.34. The lowest BCUT2D eigenvalue weighted by Gasteiger charge is -2.07. The molecule has 3 rings (SSSR count). The van der Waals surface area contributed by atoms with Crippen LogP contribution >= 0.6 is 0 Å². The first-order chi connectivity index (χ1) is 9.20. The molecule has 0 saturated heterocycles. The van der Waals surface area contributed by atoms with Crippen molar-refractivity contribution in [2.24, 2.45) is 0 Å². The van der Waals surface area contributed by atoms with Crippen LogP contribution in [0.5, 0.6) is 0 Å². The highest BCUT2D eigenvalue weighted by molar-refractivity contribution is 5.92. The summed E-state index contributed by atoms with van der Waals surface area (Å²) in [4.78, 5) is 15.6. The fourth-order valence-corrected chi connectivity index (χ4v) is 2.35. The molecule has 0 bridgehead atoms. The van der Waals surface area contributed by atoms with Gasteiger partial charge in [-0.3, -0.25) is 0 Å². The smallest absolute Gasteiger partial charge is 0.335 e. The van der Waals surface area contributed by atoms with Gasteiger partial charge in [0, 0.05) is 19.6 Å². The number of carboxylic acids is 1. The van der Waals surface area contributed by atoms with Crippen molar-refractivity contribution >= 4 is 17.0 Å². The second-order valence-corrected chi connectivity index (χ2v) is 4.90. The minimum absolute atomic E-state index is 0.284. The molecule has 0 spiro atoms. The van der Waals surface area contributed by atoms with Gasteiger partial charge in [-0.2, -0.15) is 0 Å². The van der Waals surface area contributed by atoms with Gasteiger partial charge in [0.2, 0.25) is 0 Å². The van der Waals surface area contributed by atoms with E-state index in [2.05, 4.69) is 9.55 Å². The number of imidazole rings is 1. The Morgan fingerprint density at radius 2 is 2.32 bits per heavy atom. The Hall–Kier alpha value is -1.88. The Morgan fingerprint density at radius 1 is 1.53 bits per heavy atom. The van der Waals surface area contributed by atoms with Crippen LogP contribution in [-0.2, 0) is 11.3 Å². The predicted molar refractivity (Wildman–Crippen MR) is 70.5 cm³/mol. The summed E-state index contributed by atoms with van der Waals surface area (Å²) in [5.74, 6) is 0.674. The van der Waals surface area contributed by atoms with Gasteiger partial charge in [0.25, 0.3) is 0 Å². The fraction of sp³-hybridized carbons (Fsp3) is 0.429. The van der Waals surface area contributed by atoms with Crippen LogP contribution in [-0.4, -0.2) is 34.3 Å². The Morgan fingerprint density at radius 3 is 2.95 bits per heavy atom. The number of nitrogens with zero attached hydrogens (tertiary/aromatic N) is 2. The van der Waals surface area contributed by atoms with Crippen LogP contribution in [0.2, 0.25) is 0 Å². The summed E-state index contributed by atoms with van der Waals surface area (Å²) >= 11 is 0. The number of benzene rings is 1. The van der Waals surface area contributed by atoms with Crippen molar-refractivity contribution in [3.8, 4) is 0 Å². The van der Waals surface area contributed by atoms with Crippen LogP contribution in [0.25, 0.3) is 11.0 Å². The molecule has 0 radical (unpaired) electrons. The number of carbonyl (C=O) groups is 1. The Balaban J connectivity index is 2.09. The third-order valence-electron chi connectivity index (χ3n) is 3.49. The third kappa shape index (κ3) is 2.21. The van der Waals surface area contributed by atoms with Crippen LogP contribution in [0.3, 0.4) is 0 Å². The normalized spacial score (nSPS) is 15.0. The minimum atomic E-state index is -0.915. The molecule has 100 valence electrons. The van der Waals surface area contributed by atoms with E-state index < -0.39 is 5.97 Å². The van der Waals surface area contributed by atoms with Crippen molar-refractivity contribution < 1.29 is 14.6 Å². The second-order valence-electron chi connectivity index (χ2n) is 4.90. The molecule has 1 N–H and O–H groups in total. The average molecular weight is 260 g/mol. The number of methoxy groups -OCH3 is 1. The number of hydrogen-bond acceptors (Lipinski definition) is 3. The molecule has 1 aromatic carbocycles. The highest BCUT2D eigenvalue weighted by Crippen LogP contribution is 2.40. The maximum atomic E-state index is 11.0. The quantitative estimate of drug-likeness (QED) is 0.895. The molecule has 5 heteroatoms. The van der Waals surface area contributed by atoms with Gasteiger partial charge in [-0.1, -0.05) is 0 Å². The molecule has 19 heavy (non-hydrogen) atoms. The number of aromatic nitrogens is 2. The molecule has 1 heterocycles. The van der Waals surface area contributed by atoms with E-state index in [9.17, 15) is 4.79 Å². The monoisotopic (exact) mass is 260 g/mol. The summed E-state index contributed by atoms with van der Waals surface area (Å²) in [5.41, 5.74) is 2.04. The number of carboxylic acid groups (broad SMARTS) is 1. The number of fused-ring (bicyclic) bond motifs is 1. The van der Waals surface area contributed by atoms with Crippen molar-refractivity contribution in [2.45, 2.75) is 25.3 Å².